The van der Waals surface area contributed by atoms with E-state index in [0.29, 0.717) is 97.3 Å². The first-order valence-corrected chi connectivity index (χ1v) is 47.2. The smallest absolute Gasteiger partial charge is 0.416 e. The second kappa shape index (κ2) is 42.8. The van der Waals surface area contributed by atoms with Crippen molar-refractivity contribution in [2.45, 2.75) is 39.2 Å². The summed E-state index contributed by atoms with van der Waals surface area (Å²) >= 11 is 3.28. The Kier molecular flexibility index (Phi) is 27.4. The van der Waals surface area contributed by atoms with Gasteiger partial charge in [0, 0.05) is 128 Å². The van der Waals surface area contributed by atoms with Crippen LogP contribution in [0.1, 0.15) is 34.7 Å². The summed E-state index contributed by atoms with van der Waals surface area (Å²) in [6, 6.07) is 76.7. The molecule has 0 aliphatic carbocycles. The quantitative estimate of drug-likeness (QED) is 0.0480. The third-order valence-corrected chi connectivity index (χ3v) is 24.7. The fourth-order valence-corrected chi connectivity index (χ4v) is 17.0. The Morgan fingerprint density at radius 2 is 0.595 bits per heavy atom. The number of aromatic nitrogens is 26. The summed E-state index contributed by atoms with van der Waals surface area (Å²) in [6.45, 7) is 0.956. The van der Waals surface area contributed by atoms with E-state index in [1.54, 1.807) is 156 Å². The fourth-order valence-electron chi connectivity index (χ4n) is 15.6. The van der Waals surface area contributed by atoms with Crippen molar-refractivity contribution in [3.8, 4) is 113 Å². The van der Waals surface area contributed by atoms with Crippen molar-refractivity contribution in [1.82, 2.24) is 129 Å². The molecule has 0 atom stereocenters. The number of alkyl halides is 3. The van der Waals surface area contributed by atoms with Crippen LogP contribution < -0.4 is 47.4 Å². The van der Waals surface area contributed by atoms with Gasteiger partial charge < -0.3 is 47.4 Å². The van der Waals surface area contributed by atoms with Gasteiger partial charge in [-0.05, 0) is 223 Å². The van der Waals surface area contributed by atoms with Crippen LogP contribution in [-0.4, -0.2) is 165 Å². The molecule has 42 heteroatoms. The molecule has 732 valence electrons. The highest BCUT2D eigenvalue weighted by Gasteiger charge is 2.31. The maximum Gasteiger partial charge on any atom is 0.416 e. The topological polar surface area (TPSA) is 385 Å². The van der Waals surface area contributed by atoms with E-state index >= 15 is 0 Å². The molecular formula is C106H78F4N26O10S2. The normalized spacial score (nSPS) is 11.3. The van der Waals surface area contributed by atoms with E-state index in [-0.39, 0.29) is 38.9 Å². The number of benzene rings is 7. The van der Waals surface area contributed by atoms with Crippen LogP contribution in [0.3, 0.4) is 0 Å². The van der Waals surface area contributed by atoms with Gasteiger partial charge in [0.15, 0.2) is 57.4 Å². The standard InChI is InChI=1S/C23H16F3N5O2.C22H16FN5O2.C21H16N6O2.2C20H15N5O2S/c1-32-16-6-7-17-19(12-16)27-11-10-20(17)33-13-22-29-28-21-9-8-18(30-31(21)22)14-2-4-15(5-3-14)23(24,25)26;1-29-16-6-7-17-19(12-16)24-11-10-20(17)30-13-22-26-25-21-9-8-18(27-28(21)22)14-2-4-15(23)5-3-14;1-28-15-4-5-16-18(11-15)23-10-8-19(16)29-13-21-25-24-20-7-6-17(26-27(20)21)14-3-2-9-22-12-14;1-26-14-2-3-15-17(10-14)21-8-6-18(15)27-11-20-23-22-19-5-4-16(24-25(19)20)13-7-9-28-12-13;1-26-13-4-5-14-16(11-13)21-9-8-17(14)27-12-20-23-22-19-7-6-15(24-25(19)20)18-3-2-10-28-18/h2-12H,13H2,1H3;2-12H,13H2,1H3;2-12H,13H2,1H3;2-10,12H,11H2,1H3;2-11H,12H2,1H3. The van der Waals surface area contributed by atoms with Crippen molar-refractivity contribution in [2.24, 2.45) is 0 Å². The second-order valence-electron chi connectivity index (χ2n) is 32.2. The largest absolute Gasteiger partial charge is 0.497 e. The Hall–Kier alpha value is -19.4. The molecule has 0 amide bonds. The molecule has 0 spiro atoms. The molecule has 25 rings (SSSR count). The number of hydrogen-bond acceptors (Lipinski definition) is 33. The fraction of sp³-hybridized carbons (Fsp3) is 0.104. The van der Waals surface area contributed by atoms with Gasteiger partial charge in [-0.1, -0.05) is 18.2 Å². The molecule has 0 unspecified atom stereocenters. The van der Waals surface area contributed by atoms with E-state index in [1.807, 2.05) is 199 Å². The number of pyridine rings is 6. The van der Waals surface area contributed by atoms with Crippen LogP contribution in [0.25, 0.3) is 138 Å². The molecule has 7 aromatic carbocycles. The molecular weight excluding hydrogens is 1940 g/mol. The number of halogens is 4. The first kappa shape index (κ1) is 94.8. The molecule has 0 bridgehead atoms. The zero-order valence-electron chi connectivity index (χ0n) is 78.7. The Labute approximate surface area is 843 Å². The number of rotatable bonds is 25. The van der Waals surface area contributed by atoms with E-state index in [4.69, 9.17) is 47.4 Å². The van der Waals surface area contributed by atoms with Gasteiger partial charge in [-0.3, -0.25) is 29.9 Å². The molecule has 0 fully saturated rings. The zero-order chi connectivity index (χ0) is 101. The van der Waals surface area contributed by atoms with Crippen LogP contribution in [0.4, 0.5) is 17.6 Å². The monoisotopic (exact) mass is 2010 g/mol. The number of ether oxygens (including phenoxy) is 10. The summed E-state index contributed by atoms with van der Waals surface area (Å²) in [7, 11) is 8.10. The van der Waals surface area contributed by atoms with Gasteiger partial charge in [0.1, 0.15) is 102 Å². The van der Waals surface area contributed by atoms with Crippen LogP contribution >= 0.6 is 22.7 Å². The minimum atomic E-state index is -4.39. The van der Waals surface area contributed by atoms with Gasteiger partial charge in [-0.2, -0.15) is 72.6 Å². The third-order valence-electron chi connectivity index (χ3n) is 23.2. The summed E-state index contributed by atoms with van der Waals surface area (Å²) in [4.78, 5) is 27.1. The van der Waals surface area contributed by atoms with Gasteiger partial charge in [0.05, 0.1) is 96.3 Å². The number of hydrogen-bond donors (Lipinski definition) is 0. The lowest BCUT2D eigenvalue weighted by Gasteiger charge is -2.09. The highest BCUT2D eigenvalue weighted by Crippen LogP contribution is 2.37. The number of fused-ring (bicyclic) bond motifs is 10. The molecule has 0 aliphatic rings. The van der Waals surface area contributed by atoms with Crippen molar-refractivity contribution in [3.05, 3.63) is 361 Å². The summed E-state index contributed by atoms with van der Waals surface area (Å²) in [5.74, 6) is 9.67. The lowest BCUT2D eigenvalue weighted by Crippen LogP contribution is -2.06. The Morgan fingerprint density at radius 3 is 0.885 bits per heavy atom. The average Bonchev–Trinajstić information content (AvgIpc) is 1.60. The van der Waals surface area contributed by atoms with Crippen LogP contribution in [-0.2, 0) is 39.2 Å². The van der Waals surface area contributed by atoms with Crippen molar-refractivity contribution < 1.29 is 64.9 Å². The summed E-state index contributed by atoms with van der Waals surface area (Å²) in [5.41, 5.74) is 13.3. The van der Waals surface area contributed by atoms with Crippen molar-refractivity contribution in [2.75, 3.05) is 35.5 Å². The maximum absolute atomic E-state index is 13.2. The lowest BCUT2D eigenvalue weighted by atomic mass is 10.1. The van der Waals surface area contributed by atoms with E-state index < -0.39 is 11.7 Å². The highest BCUT2D eigenvalue weighted by molar-refractivity contribution is 7.13. The van der Waals surface area contributed by atoms with Crippen LogP contribution in [0.5, 0.6) is 57.5 Å². The van der Waals surface area contributed by atoms with E-state index in [1.165, 1.54) is 28.8 Å². The van der Waals surface area contributed by atoms with Crippen LogP contribution in [0.2, 0.25) is 0 Å². The molecule has 0 saturated heterocycles. The molecule has 18 heterocycles. The highest BCUT2D eigenvalue weighted by atomic mass is 32.1. The Balaban J connectivity index is 0.000000108. The number of methoxy groups -OCH3 is 5. The molecule has 0 aliphatic heterocycles. The van der Waals surface area contributed by atoms with Crippen molar-refractivity contribution >= 4 is 105 Å². The number of thiophene rings is 2. The summed E-state index contributed by atoms with van der Waals surface area (Å²) in [6.07, 6.45) is 7.57. The molecule has 148 heavy (non-hydrogen) atoms. The minimum Gasteiger partial charge on any atom is -0.497 e. The second-order valence-corrected chi connectivity index (χ2v) is 34.0. The predicted molar refractivity (Wildman–Crippen MR) is 543 cm³/mol. The Bertz CT molecular complexity index is 8850. The van der Waals surface area contributed by atoms with E-state index in [0.717, 1.165) is 140 Å². The molecule has 36 nitrogen and oxygen atoms in total. The molecule has 0 saturated carbocycles. The van der Waals surface area contributed by atoms with Crippen molar-refractivity contribution in [1.29, 1.82) is 0 Å². The Morgan fingerprint density at radius 1 is 0.284 bits per heavy atom. The lowest BCUT2D eigenvalue weighted by molar-refractivity contribution is -0.137. The number of nitrogens with zero attached hydrogens (tertiary/aromatic N) is 26. The van der Waals surface area contributed by atoms with E-state index in [2.05, 4.69) is 112 Å². The first-order valence-electron chi connectivity index (χ1n) is 45.3. The first-order chi connectivity index (χ1) is 72.6. The third kappa shape index (κ3) is 21.0. The van der Waals surface area contributed by atoms with Gasteiger partial charge in [0.25, 0.3) is 0 Å². The molecule has 25 aromatic rings. The van der Waals surface area contributed by atoms with E-state index in [9.17, 15) is 17.6 Å². The van der Waals surface area contributed by atoms with Gasteiger partial charge >= 0.3 is 6.18 Å². The van der Waals surface area contributed by atoms with Gasteiger partial charge in [0.2, 0.25) is 0 Å². The summed E-state index contributed by atoms with van der Waals surface area (Å²) in [5, 5.41) is 75.4. The molecule has 18 aromatic heterocycles. The van der Waals surface area contributed by atoms with Crippen LogP contribution in [0.15, 0.2) is 320 Å². The average molecular weight is 2020 g/mol. The predicted octanol–water partition coefficient (Wildman–Crippen LogP) is 20.3. The van der Waals surface area contributed by atoms with Gasteiger partial charge in [-0.25, -0.2) is 4.39 Å². The van der Waals surface area contributed by atoms with Crippen LogP contribution in [0, 0.1) is 5.82 Å². The maximum atomic E-state index is 13.2. The minimum absolute atomic E-state index is 0.0791. The molecule has 0 N–H and O–H groups in total. The molecule has 0 radical (unpaired) electrons. The zero-order valence-corrected chi connectivity index (χ0v) is 80.3. The summed E-state index contributed by atoms with van der Waals surface area (Å²) < 4.78 is 116. The van der Waals surface area contributed by atoms with Gasteiger partial charge in [-0.15, -0.1) is 62.3 Å². The SMILES string of the molecule is COc1ccc2c(OCc3nnc4ccc(-c5ccc(C(F)(F)F)cc5)nn34)ccnc2c1.COc1ccc2c(OCc3nnc4ccc(-c5ccc(F)cc5)nn34)ccnc2c1.COc1ccc2c(OCc3nnc4ccc(-c5cccnc5)nn34)ccnc2c1.COc1ccc2c(OCc3nnc4ccc(-c5cccs5)nn34)ccnc2c1.COc1ccc2c(OCc3nnc4ccc(-c5ccsc5)nn34)ccnc2c1. The van der Waals surface area contributed by atoms with Crippen molar-refractivity contribution in [3.63, 3.8) is 0 Å².